The summed E-state index contributed by atoms with van der Waals surface area (Å²) in [6, 6.07) is 21.8. The molecule has 2 N–H and O–H groups in total. The van der Waals surface area contributed by atoms with E-state index in [-0.39, 0.29) is 23.8 Å². The number of rotatable bonds is 6. The normalized spacial score (nSPS) is 11.0. The molecule has 0 radical (unpaired) electrons. The maximum Gasteiger partial charge on any atom is 0.262 e. The molecule has 5 nitrogen and oxygen atoms in total. The molecule has 3 aromatic rings. The Labute approximate surface area is 191 Å². The Morgan fingerprint density at radius 3 is 2.29 bits per heavy atom. The molecule has 0 heterocycles. The van der Waals surface area contributed by atoms with Crippen LogP contribution >= 0.6 is 15.9 Å². The van der Waals surface area contributed by atoms with Crippen LogP contribution in [0.25, 0.3) is 0 Å². The molecule has 3 rings (SSSR count). The first kappa shape index (κ1) is 22.6. The van der Waals surface area contributed by atoms with E-state index in [0.717, 1.165) is 10.0 Å². The van der Waals surface area contributed by atoms with E-state index in [1.54, 1.807) is 36.4 Å². The predicted molar refractivity (Wildman–Crippen MR) is 128 cm³/mol. The van der Waals surface area contributed by atoms with Crippen molar-refractivity contribution in [1.29, 1.82) is 0 Å². The SMILES string of the molecule is CC(C)(C)c1cc(Br)ccc1OCC(=O)Nc1ccccc1C(=O)Nc1ccccc1. The fourth-order valence-corrected chi connectivity index (χ4v) is 3.41. The quantitative estimate of drug-likeness (QED) is 0.453. The number of ether oxygens (including phenoxy) is 1. The Balaban J connectivity index is 1.69. The van der Waals surface area contributed by atoms with E-state index in [4.69, 9.17) is 4.74 Å². The van der Waals surface area contributed by atoms with Crippen LogP contribution in [0.1, 0.15) is 36.7 Å². The van der Waals surface area contributed by atoms with Crippen LogP contribution in [0.2, 0.25) is 0 Å². The van der Waals surface area contributed by atoms with Gasteiger partial charge in [-0.3, -0.25) is 9.59 Å². The molecule has 0 aromatic heterocycles. The molecule has 0 spiro atoms. The number of amides is 2. The van der Waals surface area contributed by atoms with Gasteiger partial charge in [0.05, 0.1) is 11.3 Å². The molecule has 0 saturated carbocycles. The Morgan fingerprint density at radius 2 is 1.58 bits per heavy atom. The average molecular weight is 481 g/mol. The zero-order valence-electron chi connectivity index (χ0n) is 17.7. The summed E-state index contributed by atoms with van der Waals surface area (Å²) in [7, 11) is 0. The van der Waals surface area contributed by atoms with E-state index in [9.17, 15) is 9.59 Å². The van der Waals surface area contributed by atoms with E-state index in [2.05, 4.69) is 47.3 Å². The largest absolute Gasteiger partial charge is 0.483 e. The van der Waals surface area contributed by atoms with Crippen molar-refractivity contribution in [3.63, 3.8) is 0 Å². The van der Waals surface area contributed by atoms with Crippen LogP contribution in [0.3, 0.4) is 0 Å². The molecule has 3 aromatic carbocycles. The number of benzene rings is 3. The first-order valence-electron chi connectivity index (χ1n) is 9.92. The number of nitrogens with one attached hydrogen (secondary N) is 2. The lowest BCUT2D eigenvalue weighted by atomic mass is 9.86. The molecule has 6 heteroatoms. The highest BCUT2D eigenvalue weighted by atomic mass is 79.9. The zero-order chi connectivity index (χ0) is 22.4. The third-order valence-corrected chi connectivity index (χ3v) is 5.08. The molecule has 2 amide bonds. The minimum Gasteiger partial charge on any atom is -0.483 e. The second-order valence-corrected chi connectivity index (χ2v) is 9.01. The molecule has 31 heavy (non-hydrogen) atoms. The lowest BCUT2D eigenvalue weighted by Crippen LogP contribution is -2.24. The lowest BCUT2D eigenvalue weighted by Gasteiger charge is -2.23. The number of carbonyl (C=O) groups excluding carboxylic acids is 2. The number of hydrogen-bond donors (Lipinski definition) is 2. The lowest BCUT2D eigenvalue weighted by molar-refractivity contribution is -0.118. The van der Waals surface area contributed by atoms with E-state index in [1.165, 1.54) is 0 Å². The van der Waals surface area contributed by atoms with E-state index < -0.39 is 0 Å². The van der Waals surface area contributed by atoms with Gasteiger partial charge in [0, 0.05) is 15.7 Å². The fourth-order valence-electron chi connectivity index (χ4n) is 3.05. The molecule has 0 saturated heterocycles. The van der Waals surface area contributed by atoms with Crippen LogP contribution in [0.5, 0.6) is 5.75 Å². The Hall–Kier alpha value is -3.12. The van der Waals surface area contributed by atoms with Gasteiger partial charge in [-0.25, -0.2) is 0 Å². The summed E-state index contributed by atoms with van der Waals surface area (Å²) in [4.78, 5) is 25.3. The van der Waals surface area contributed by atoms with Crippen LogP contribution in [-0.2, 0) is 10.2 Å². The summed E-state index contributed by atoms with van der Waals surface area (Å²) in [5.41, 5.74) is 2.34. The van der Waals surface area contributed by atoms with Crippen molar-refractivity contribution in [2.75, 3.05) is 17.2 Å². The summed E-state index contributed by atoms with van der Waals surface area (Å²) in [6.45, 7) is 6.09. The molecule has 0 aliphatic carbocycles. The molecule has 0 fully saturated rings. The van der Waals surface area contributed by atoms with Crippen molar-refractivity contribution in [3.8, 4) is 5.75 Å². The highest BCUT2D eigenvalue weighted by Crippen LogP contribution is 2.33. The number of halogens is 1. The molecule has 0 bridgehead atoms. The van der Waals surface area contributed by atoms with Crippen molar-refractivity contribution in [2.24, 2.45) is 0 Å². The maximum atomic E-state index is 12.7. The summed E-state index contributed by atoms with van der Waals surface area (Å²) < 4.78 is 6.77. The molecule has 0 atom stereocenters. The fraction of sp³-hybridized carbons (Fsp3) is 0.200. The monoisotopic (exact) mass is 480 g/mol. The second kappa shape index (κ2) is 9.79. The van der Waals surface area contributed by atoms with E-state index >= 15 is 0 Å². The van der Waals surface area contributed by atoms with Crippen molar-refractivity contribution in [1.82, 2.24) is 0 Å². The van der Waals surface area contributed by atoms with Gasteiger partial charge in [-0.15, -0.1) is 0 Å². The van der Waals surface area contributed by atoms with Gasteiger partial charge >= 0.3 is 0 Å². The van der Waals surface area contributed by atoms with Gasteiger partial charge in [-0.05, 0) is 47.9 Å². The van der Waals surface area contributed by atoms with E-state index in [0.29, 0.717) is 22.7 Å². The minimum absolute atomic E-state index is 0.141. The number of anilines is 2. The number of para-hydroxylation sites is 2. The van der Waals surface area contributed by atoms with Crippen LogP contribution in [0.4, 0.5) is 11.4 Å². The van der Waals surface area contributed by atoms with Crippen LogP contribution < -0.4 is 15.4 Å². The van der Waals surface area contributed by atoms with Crippen LogP contribution in [0, 0.1) is 0 Å². The standard InChI is InChI=1S/C25H25BrN2O3/c1-25(2,3)20-15-17(26)13-14-22(20)31-16-23(29)28-21-12-8-7-11-19(21)24(30)27-18-9-5-4-6-10-18/h4-15H,16H2,1-3H3,(H,27,30)(H,28,29). The van der Waals surface area contributed by atoms with Gasteiger partial charge in [0.15, 0.2) is 6.61 Å². The van der Waals surface area contributed by atoms with Crippen LogP contribution in [0.15, 0.2) is 77.3 Å². The number of carbonyl (C=O) groups is 2. The summed E-state index contributed by atoms with van der Waals surface area (Å²) in [6.07, 6.45) is 0. The minimum atomic E-state index is -0.345. The molecular formula is C25H25BrN2O3. The summed E-state index contributed by atoms with van der Waals surface area (Å²) in [5.74, 6) is 0.00893. The van der Waals surface area contributed by atoms with Crippen molar-refractivity contribution < 1.29 is 14.3 Å². The second-order valence-electron chi connectivity index (χ2n) is 8.09. The van der Waals surface area contributed by atoms with Gasteiger partial charge < -0.3 is 15.4 Å². The van der Waals surface area contributed by atoms with Crippen molar-refractivity contribution >= 4 is 39.1 Å². The van der Waals surface area contributed by atoms with Crippen LogP contribution in [-0.4, -0.2) is 18.4 Å². The molecule has 0 unspecified atom stereocenters. The van der Waals surface area contributed by atoms with Crippen molar-refractivity contribution in [2.45, 2.75) is 26.2 Å². The Kier molecular flexibility index (Phi) is 7.13. The molecule has 0 aliphatic heterocycles. The summed E-state index contributed by atoms with van der Waals surface area (Å²) in [5, 5.41) is 5.62. The summed E-state index contributed by atoms with van der Waals surface area (Å²) >= 11 is 3.49. The third kappa shape index (κ3) is 6.18. The number of hydrogen-bond acceptors (Lipinski definition) is 3. The highest BCUT2D eigenvalue weighted by Gasteiger charge is 2.20. The first-order chi connectivity index (χ1) is 14.7. The molecule has 0 aliphatic rings. The third-order valence-electron chi connectivity index (χ3n) is 4.59. The molecule has 160 valence electrons. The average Bonchev–Trinajstić information content (AvgIpc) is 2.73. The zero-order valence-corrected chi connectivity index (χ0v) is 19.3. The molecular weight excluding hydrogens is 456 g/mol. The topological polar surface area (TPSA) is 67.4 Å². The predicted octanol–water partition coefficient (Wildman–Crippen LogP) is 6.02. The van der Waals surface area contributed by atoms with Crippen molar-refractivity contribution in [3.05, 3.63) is 88.4 Å². The Bertz CT molecular complexity index is 1080. The van der Waals surface area contributed by atoms with Gasteiger partial charge in [-0.2, -0.15) is 0 Å². The van der Waals surface area contributed by atoms with E-state index in [1.807, 2.05) is 36.4 Å². The maximum absolute atomic E-state index is 12.7. The Morgan fingerprint density at radius 1 is 0.903 bits per heavy atom. The first-order valence-corrected chi connectivity index (χ1v) is 10.7. The smallest absolute Gasteiger partial charge is 0.262 e. The van der Waals surface area contributed by atoms with Gasteiger partial charge in [0.2, 0.25) is 0 Å². The van der Waals surface area contributed by atoms with Gasteiger partial charge in [0.25, 0.3) is 11.8 Å². The van der Waals surface area contributed by atoms with Gasteiger partial charge in [0.1, 0.15) is 5.75 Å². The van der Waals surface area contributed by atoms with Gasteiger partial charge in [-0.1, -0.05) is 67.0 Å². The highest BCUT2D eigenvalue weighted by molar-refractivity contribution is 9.10.